The van der Waals surface area contributed by atoms with Crippen LogP contribution in [-0.4, -0.2) is 0 Å². The molecule has 0 amide bonds. The van der Waals surface area contributed by atoms with Gasteiger partial charge in [-0.05, 0) is 42.3 Å². The van der Waals surface area contributed by atoms with Crippen molar-refractivity contribution in [3.63, 3.8) is 0 Å². The number of halogens is 2. The standard InChI is InChI=1S/C15H15ClFN/c1-11(13-3-2-4-15(17)9-13)18-10-12-5-7-14(16)8-6-12/h2-9,11,18H,10H2,1H3. The SMILES string of the molecule is CC(NCc1ccc(Cl)cc1)c1cccc(F)c1. The van der Waals surface area contributed by atoms with Gasteiger partial charge < -0.3 is 5.32 Å². The van der Waals surface area contributed by atoms with E-state index in [9.17, 15) is 4.39 Å². The van der Waals surface area contributed by atoms with E-state index in [-0.39, 0.29) is 11.9 Å². The lowest BCUT2D eigenvalue weighted by molar-refractivity contribution is 0.565. The predicted octanol–water partition coefficient (Wildman–Crippen LogP) is 4.33. The summed E-state index contributed by atoms with van der Waals surface area (Å²) in [5.41, 5.74) is 2.10. The Labute approximate surface area is 112 Å². The van der Waals surface area contributed by atoms with Crippen LogP contribution in [-0.2, 0) is 6.54 Å². The van der Waals surface area contributed by atoms with Crippen LogP contribution in [0, 0.1) is 5.82 Å². The third-order valence-electron chi connectivity index (χ3n) is 2.87. The molecule has 0 fully saturated rings. The Morgan fingerprint density at radius 1 is 1.17 bits per heavy atom. The molecular weight excluding hydrogens is 249 g/mol. The van der Waals surface area contributed by atoms with E-state index in [1.165, 1.54) is 6.07 Å². The molecule has 0 aliphatic heterocycles. The summed E-state index contributed by atoms with van der Waals surface area (Å²) < 4.78 is 13.1. The summed E-state index contributed by atoms with van der Waals surface area (Å²) in [5, 5.41) is 4.09. The van der Waals surface area contributed by atoms with E-state index in [4.69, 9.17) is 11.6 Å². The van der Waals surface area contributed by atoms with Crippen molar-refractivity contribution in [3.05, 3.63) is 70.5 Å². The minimum absolute atomic E-state index is 0.108. The highest BCUT2D eigenvalue weighted by Gasteiger charge is 2.05. The maximum absolute atomic E-state index is 13.1. The van der Waals surface area contributed by atoms with Crippen LogP contribution in [0.2, 0.25) is 5.02 Å². The molecule has 0 aromatic heterocycles. The van der Waals surface area contributed by atoms with E-state index in [1.54, 1.807) is 12.1 Å². The predicted molar refractivity (Wildman–Crippen MR) is 73.1 cm³/mol. The monoisotopic (exact) mass is 263 g/mol. The van der Waals surface area contributed by atoms with Crippen molar-refractivity contribution in [3.8, 4) is 0 Å². The third kappa shape index (κ3) is 3.56. The van der Waals surface area contributed by atoms with Crippen molar-refractivity contribution in [2.24, 2.45) is 0 Å². The Kier molecular flexibility index (Phi) is 4.34. The van der Waals surface area contributed by atoms with Crippen molar-refractivity contribution in [2.75, 3.05) is 0 Å². The van der Waals surface area contributed by atoms with Crippen LogP contribution >= 0.6 is 11.6 Å². The molecule has 0 radical (unpaired) electrons. The fraction of sp³-hybridized carbons (Fsp3) is 0.200. The van der Waals surface area contributed by atoms with E-state index in [0.29, 0.717) is 0 Å². The molecule has 0 aliphatic rings. The molecule has 2 aromatic rings. The summed E-state index contributed by atoms with van der Waals surface area (Å²) in [4.78, 5) is 0. The molecule has 0 saturated heterocycles. The van der Waals surface area contributed by atoms with E-state index >= 15 is 0 Å². The molecule has 94 valence electrons. The number of hydrogen-bond donors (Lipinski definition) is 1. The first-order chi connectivity index (χ1) is 8.65. The highest BCUT2D eigenvalue weighted by Crippen LogP contribution is 2.15. The largest absolute Gasteiger partial charge is 0.306 e. The first-order valence-corrected chi connectivity index (χ1v) is 6.26. The highest BCUT2D eigenvalue weighted by atomic mass is 35.5. The fourth-order valence-corrected chi connectivity index (χ4v) is 1.89. The topological polar surface area (TPSA) is 12.0 Å². The van der Waals surface area contributed by atoms with Crippen LogP contribution in [0.1, 0.15) is 24.1 Å². The van der Waals surface area contributed by atoms with Gasteiger partial charge in [-0.15, -0.1) is 0 Å². The maximum Gasteiger partial charge on any atom is 0.123 e. The van der Waals surface area contributed by atoms with E-state index in [0.717, 1.165) is 22.7 Å². The quantitative estimate of drug-likeness (QED) is 0.866. The Morgan fingerprint density at radius 3 is 2.56 bits per heavy atom. The van der Waals surface area contributed by atoms with Crippen LogP contribution in [0.4, 0.5) is 4.39 Å². The van der Waals surface area contributed by atoms with Crippen LogP contribution in [0.15, 0.2) is 48.5 Å². The summed E-state index contributed by atoms with van der Waals surface area (Å²) in [7, 11) is 0. The zero-order valence-electron chi connectivity index (χ0n) is 10.2. The smallest absolute Gasteiger partial charge is 0.123 e. The van der Waals surface area contributed by atoms with Gasteiger partial charge in [0.25, 0.3) is 0 Å². The summed E-state index contributed by atoms with van der Waals surface area (Å²) >= 11 is 5.83. The van der Waals surface area contributed by atoms with Gasteiger partial charge in [0, 0.05) is 17.6 Å². The summed E-state index contributed by atoms with van der Waals surface area (Å²) in [6.07, 6.45) is 0. The number of nitrogens with one attached hydrogen (secondary N) is 1. The lowest BCUT2D eigenvalue weighted by Crippen LogP contribution is -2.18. The van der Waals surface area contributed by atoms with Crippen molar-refractivity contribution >= 4 is 11.6 Å². The van der Waals surface area contributed by atoms with Crippen molar-refractivity contribution in [1.29, 1.82) is 0 Å². The Bertz CT molecular complexity index is 510. The van der Waals surface area contributed by atoms with Crippen molar-refractivity contribution in [1.82, 2.24) is 5.32 Å². The molecule has 1 nitrogen and oxygen atoms in total. The number of hydrogen-bond acceptors (Lipinski definition) is 1. The van der Waals surface area contributed by atoms with Gasteiger partial charge in [-0.25, -0.2) is 4.39 Å². The number of rotatable bonds is 4. The Hall–Kier alpha value is -1.38. The average molecular weight is 264 g/mol. The summed E-state index contributed by atoms with van der Waals surface area (Å²) in [6, 6.07) is 14.5. The second-order valence-electron chi connectivity index (χ2n) is 4.28. The molecule has 0 bridgehead atoms. The minimum atomic E-state index is -0.201. The lowest BCUT2D eigenvalue weighted by Gasteiger charge is -2.14. The maximum atomic E-state index is 13.1. The van der Waals surface area contributed by atoms with Crippen molar-refractivity contribution < 1.29 is 4.39 Å². The highest BCUT2D eigenvalue weighted by molar-refractivity contribution is 6.30. The van der Waals surface area contributed by atoms with Gasteiger partial charge in [0.05, 0.1) is 0 Å². The number of benzene rings is 2. The van der Waals surface area contributed by atoms with Crippen molar-refractivity contribution in [2.45, 2.75) is 19.5 Å². The Morgan fingerprint density at radius 2 is 1.89 bits per heavy atom. The minimum Gasteiger partial charge on any atom is -0.306 e. The molecule has 1 unspecified atom stereocenters. The molecule has 0 spiro atoms. The third-order valence-corrected chi connectivity index (χ3v) is 3.13. The molecule has 1 atom stereocenters. The second kappa shape index (κ2) is 5.98. The van der Waals surface area contributed by atoms with Gasteiger partial charge in [0.1, 0.15) is 5.82 Å². The lowest BCUT2D eigenvalue weighted by atomic mass is 10.1. The van der Waals surface area contributed by atoms with Crippen LogP contribution < -0.4 is 5.32 Å². The van der Waals surface area contributed by atoms with Crippen LogP contribution in [0.3, 0.4) is 0 Å². The van der Waals surface area contributed by atoms with Crippen LogP contribution in [0.5, 0.6) is 0 Å². The molecule has 0 aliphatic carbocycles. The Balaban J connectivity index is 1.96. The van der Waals surface area contributed by atoms with Gasteiger partial charge in [-0.2, -0.15) is 0 Å². The summed E-state index contributed by atoms with van der Waals surface area (Å²) in [6.45, 7) is 2.75. The molecule has 1 N–H and O–H groups in total. The second-order valence-corrected chi connectivity index (χ2v) is 4.72. The van der Waals surface area contributed by atoms with Gasteiger partial charge in [-0.1, -0.05) is 35.9 Å². The zero-order chi connectivity index (χ0) is 13.0. The van der Waals surface area contributed by atoms with E-state index < -0.39 is 0 Å². The zero-order valence-corrected chi connectivity index (χ0v) is 10.9. The molecule has 18 heavy (non-hydrogen) atoms. The van der Waals surface area contributed by atoms with E-state index in [2.05, 4.69) is 5.32 Å². The van der Waals surface area contributed by atoms with E-state index in [1.807, 2.05) is 37.3 Å². The first-order valence-electron chi connectivity index (χ1n) is 5.88. The van der Waals surface area contributed by atoms with Gasteiger partial charge in [0.2, 0.25) is 0 Å². The van der Waals surface area contributed by atoms with Gasteiger partial charge in [0.15, 0.2) is 0 Å². The molecule has 0 saturated carbocycles. The molecule has 3 heteroatoms. The fourth-order valence-electron chi connectivity index (χ4n) is 1.77. The van der Waals surface area contributed by atoms with Crippen LogP contribution in [0.25, 0.3) is 0 Å². The average Bonchev–Trinajstić information content (AvgIpc) is 2.38. The summed E-state index contributed by atoms with van der Waals surface area (Å²) in [5.74, 6) is -0.201. The molecule has 0 heterocycles. The first kappa shape index (κ1) is 13.1. The molecular formula is C15H15ClFN. The molecule has 2 aromatic carbocycles. The van der Waals surface area contributed by atoms with Gasteiger partial charge in [-0.3, -0.25) is 0 Å². The van der Waals surface area contributed by atoms with Gasteiger partial charge >= 0.3 is 0 Å². The molecule has 2 rings (SSSR count). The normalized spacial score (nSPS) is 12.4.